The molecule has 0 spiro atoms. The molecule has 0 radical (unpaired) electrons. The molecule has 0 atom stereocenters. The summed E-state index contributed by atoms with van der Waals surface area (Å²) in [5, 5.41) is 1.55. The molecule has 0 N–H and O–H groups in total. The van der Waals surface area contributed by atoms with E-state index in [0.29, 0.717) is 37.0 Å². The molecule has 2 aliphatic rings. The molecule has 2 aliphatic heterocycles. The van der Waals surface area contributed by atoms with E-state index >= 15 is 0 Å². The third-order valence-electron chi connectivity index (χ3n) is 6.17. The zero-order chi connectivity index (χ0) is 21.6. The zero-order valence-corrected chi connectivity index (χ0v) is 18.9. The van der Waals surface area contributed by atoms with E-state index in [2.05, 4.69) is 16.0 Å². The molecule has 0 bridgehead atoms. The molecule has 0 amide bonds. The number of aromatic nitrogens is 1. The van der Waals surface area contributed by atoms with E-state index in [0.717, 1.165) is 35.0 Å². The summed E-state index contributed by atoms with van der Waals surface area (Å²) in [4.78, 5) is 6.92. The van der Waals surface area contributed by atoms with Gasteiger partial charge in [0.15, 0.2) is 0 Å². The van der Waals surface area contributed by atoms with Gasteiger partial charge in [0.25, 0.3) is 0 Å². The van der Waals surface area contributed by atoms with Crippen molar-refractivity contribution in [3.05, 3.63) is 64.8 Å². The van der Waals surface area contributed by atoms with Gasteiger partial charge in [-0.1, -0.05) is 29.8 Å². The number of fused-ring (bicyclic) bond motifs is 2. The standard InChI is InChI=1S/C23H24ClN3O3S/c1-16-12-17-4-2-7-22(23(17)25-13-16)31(28,29)26-10-8-18(9-11-26)27-15-30-14-19-20(24)5-3-6-21(19)27/h2-7,12-13,18H,8-11,14-15H2,1H3. The van der Waals surface area contributed by atoms with Crippen LogP contribution in [0.2, 0.25) is 5.02 Å². The van der Waals surface area contributed by atoms with Gasteiger partial charge in [-0.2, -0.15) is 4.31 Å². The lowest BCUT2D eigenvalue weighted by Gasteiger charge is -2.41. The molecule has 3 heterocycles. The van der Waals surface area contributed by atoms with Crippen LogP contribution in [-0.2, 0) is 21.4 Å². The van der Waals surface area contributed by atoms with E-state index in [-0.39, 0.29) is 10.9 Å². The lowest BCUT2D eigenvalue weighted by atomic mass is 10.0. The number of hydrogen-bond donors (Lipinski definition) is 0. The fourth-order valence-corrected chi connectivity index (χ4v) is 6.42. The average Bonchev–Trinajstić information content (AvgIpc) is 2.78. The van der Waals surface area contributed by atoms with Crippen molar-refractivity contribution in [2.45, 2.75) is 37.3 Å². The Bertz CT molecular complexity index is 1240. The molecular formula is C23H24ClN3O3S. The minimum Gasteiger partial charge on any atom is -0.356 e. The molecule has 5 rings (SSSR count). The van der Waals surface area contributed by atoms with Crippen LogP contribution in [0.15, 0.2) is 53.6 Å². The maximum absolute atomic E-state index is 13.4. The summed E-state index contributed by atoms with van der Waals surface area (Å²) in [5.41, 5.74) is 3.63. The summed E-state index contributed by atoms with van der Waals surface area (Å²) in [6.07, 6.45) is 3.17. The third kappa shape index (κ3) is 3.69. The second-order valence-corrected chi connectivity index (χ2v) is 10.5. The van der Waals surface area contributed by atoms with Crippen LogP contribution in [0.4, 0.5) is 5.69 Å². The molecule has 3 aromatic rings. The number of piperidine rings is 1. The summed E-state index contributed by atoms with van der Waals surface area (Å²) >= 11 is 6.35. The highest BCUT2D eigenvalue weighted by molar-refractivity contribution is 7.89. The monoisotopic (exact) mass is 457 g/mol. The molecule has 0 saturated carbocycles. The summed E-state index contributed by atoms with van der Waals surface area (Å²) < 4.78 is 34.2. The molecular weight excluding hydrogens is 434 g/mol. The van der Waals surface area contributed by atoms with E-state index in [1.165, 1.54) is 0 Å². The minimum atomic E-state index is -3.62. The van der Waals surface area contributed by atoms with E-state index in [9.17, 15) is 8.42 Å². The number of halogens is 1. The Balaban J connectivity index is 1.38. The predicted molar refractivity (Wildman–Crippen MR) is 122 cm³/mol. The molecule has 31 heavy (non-hydrogen) atoms. The molecule has 1 saturated heterocycles. The number of benzene rings is 2. The Labute approximate surface area is 187 Å². The van der Waals surface area contributed by atoms with Crippen LogP contribution in [0.5, 0.6) is 0 Å². The number of aryl methyl sites for hydroxylation is 1. The first-order valence-electron chi connectivity index (χ1n) is 10.4. The van der Waals surface area contributed by atoms with Gasteiger partial charge in [-0.05, 0) is 49.6 Å². The number of rotatable bonds is 3. The first-order valence-corrected chi connectivity index (χ1v) is 12.2. The molecule has 0 aliphatic carbocycles. The molecule has 162 valence electrons. The predicted octanol–water partition coefficient (Wildman–Crippen LogP) is 4.34. The van der Waals surface area contributed by atoms with E-state index < -0.39 is 10.0 Å². The smallest absolute Gasteiger partial charge is 0.245 e. The van der Waals surface area contributed by atoms with Gasteiger partial charge in [-0.25, -0.2) is 8.42 Å². The highest BCUT2D eigenvalue weighted by atomic mass is 35.5. The second kappa shape index (κ2) is 8.06. The Morgan fingerprint density at radius 1 is 1.13 bits per heavy atom. The van der Waals surface area contributed by atoms with Crippen LogP contribution in [0.3, 0.4) is 0 Å². The topological polar surface area (TPSA) is 62.7 Å². The van der Waals surface area contributed by atoms with Crippen molar-refractivity contribution in [3.8, 4) is 0 Å². The SMILES string of the molecule is Cc1cnc2c(S(=O)(=O)N3CCC(N4COCc5c(Cl)cccc54)CC3)cccc2c1. The molecule has 1 fully saturated rings. The number of sulfonamides is 1. The molecule has 8 heteroatoms. The number of nitrogens with zero attached hydrogens (tertiary/aromatic N) is 3. The quantitative estimate of drug-likeness (QED) is 0.585. The lowest BCUT2D eigenvalue weighted by molar-refractivity contribution is 0.0988. The maximum Gasteiger partial charge on any atom is 0.245 e. The van der Waals surface area contributed by atoms with E-state index in [1.807, 2.05) is 31.2 Å². The molecule has 0 unspecified atom stereocenters. The Morgan fingerprint density at radius 2 is 1.90 bits per heavy atom. The zero-order valence-electron chi connectivity index (χ0n) is 17.3. The van der Waals surface area contributed by atoms with Gasteiger partial charge < -0.3 is 9.64 Å². The first-order chi connectivity index (χ1) is 14.9. The summed E-state index contributed by atoms with van der Waals surface area (Å²) in [5.74, 6) is 0. The molecule has 6 nitrogen and oxygen atoms in total. The van der Waals surface area contributed by atoms with Crippen molar-refractivity contribution in [1.82, 2.24) is 9.29 Å². The van der Waals surface area contributed by atoms with E-state index in [1.54, 1.807) is 22.6 Å². The Morgan fingerprint density at radius 3 is 2.71 bits per heavy atom. The van der Waals surface area contributed by atoms with Gasteiger partial charge in [-0.3, -0.25) is 4.98 Å². The second-order valence-electron chi connectivity index (χ2n) is 8.16. The van der Waals surface area contributed by atoms with Gasteiger partial charge in [0.2, 0.25) is 10.0 Å². The van der Waals surface area contributed by atoms with Gasteiger partial charge in [0.05, 0.1) is 12.1 Å². The van der Waals surface area contributed by atoms with Crippen molar-refractivity contribution in [3.63, 3.8) is 0 Å². The van der Waals surface area contributed by atoms with Crippen LogP contribution in [0.25, 0.3) is 10.9 Å². The van der Waals surface area contributed by atoms with Crippen molar-refractivity contribution in [2.24, 2.45) is 0 Å². The first kappa shape index (κ1) is 20.7. The van der Waals surface area contributed by atoms with Gasteiger partial charge >= 0.3 is 0 Å². The normalized spacial score (nSPS) is 18.3. The number of anilines is 1. The van der Waals surface area contributed by atoms with Crippen LogP contribution >= 0.6 is 11.6 Å². The van der Waals surface area contributed by atoms with Crippen molar-refractivity contribution in [2.75, 3.05) is 24.7 Å². The third-order valence-corrected chi connectivity index (χ3v) is 8.46. The maximum atomic E-state index is 13.4. The highest BCUT2D eigenvalue weighted by Gasteiger charge is 2.34. The summed E-state index contributed by atoms with van der Waals surface area (Å²) in [6.45, 7) is 3.88. The van der Waals surface area contributed by atoms with Gasteiger partial charge in [-0.15, -0.1) is 0 Å². The number of ether oxygens (including phenoxy) is 1. The Kier molecular flexibility index (Phi) is 5.38. The van der Waals surface area contributed by atoms with Crippen LogP contribution in [0.1, 0.15) is 24.0 Å². The fourth-order valence-electron chi connectivity index (χ4n) is 4.56. The van der Waals surface area contributed by atoms with Gasteiger partial charge in [0, 0.05) is 47.0 Å². The highest BCUT2D eigenvalue weighted by Crippen LogP contribution is 2.35. The number of hydrogen-bond acceptors (Lipinski definition) is 5. The Hall–Kier alpha value is -2.19. The molecule has 2 aromatic carbocycles. The van der Waals surface area contributed by atoms with Crippen molar-refractivity contribution >= 4 is 38.2 Å². The molecule has 1 aromatic heterocycles. The lowest BCUT2D eigenvalue weighted by Crippen LogP contribution is -2.48. The van der Waals surface area contributed by atoms with Crippen molar-refractivity contribution in [1.29, 1.82) is 0 Å². The number of para-hydroxylation sites is 1. The summed E-state index contributed by atoms with van der Waals surface area (Å²) in [6, 6.07) is 13.4. The van der Waals surface area contributed by atoms with Crippen LogP contribution in [-0.4, -0.2) is 43.6 Å². The van der Waals surface area contributed by atoms with Crippen LogP contribution < -0.4 is 4.90 Å². The minimum absolute atomic E-state index is 0.206. The van der Waals surface area contributed by atoms with Crippen molar-refractivity contribution < 1.29 is 13.2 Å². The average molecular weight is 458 g/mol. The van der Waals surface area contributed by atoms with Crippen LogP contribution in [0, 0.1) is 6.92 Å². The van der Waals surface area contributed by atoms with E-state index in [4.69, 9.17) is 16.3 Å². The summed E-state index contributed by atoms with van der Waals surface area (Å²) in [7, 11) is -3.62. The van der Waals surface area contributed by atoms with Gasteiger partial charge in [0.1, 0.15) is 11.6 Å². The number of pyridine rings is 1. The largest absolute Gasteiger partial charge is 0.356 e. The fraction of sp³-hybridized carbons (Fsp3) is 0.348.